The molecule has 0 atom stereocenters. The summed E-state index contributed by atoms with van der Waals surface area (Å²) in [5, 5.41) is 9.31. The quantitative estimate of drug-likeness (QED) is 0.549. The summed E-state index contributed by atoms with van der Waals surface area (Å²) in [5.41, 5.74) is 5.74. The fourth-order valence-electron chi connectivity index (χ4n) is 2.25. The number of sulfonamides is 1. The van der Waals surface area contributed by atoms with Gasteiger partial charge in [-0.25, -0.2) is 13.1 Å². The van der Waals surface area contributed by atoms with Crippen molar-refractivity contribution in [2.75, 3.05) is 12.3 Å². The van der Waals surface area contributed by atoms with Crippen LogP contribution in [0.15, 0.2) is 23.1 Å². The number of hydrogen-bond acceptors (Lipinski definition) is 4. The third-order valence-corrected chi connectivity index (χ3v) is 5.08. The number of nitrogens with two attached hydrogens (primary N) is 1. The Hall–Kier alpha value is -1.27. The molecule has 1 fully saturated rings. The molecule has 1 saturated carbocycles. The van der Waals surface area contributed by atoms with E-state index in [1.165, 1.54) is 18.2 Å². The zero-order valence-corrected chi connectivity index (χ0v) is 11.8. The average molecular weight is 284 g/mol. The standard InChI is InChI=1S/C13H20N2O3S/c1-2-5-13(6-7-13)9-15-19(17,18)10-3-4-12(16)11(14)8-10/h3-4,8,15-16H,2,5-7,9,14H2,1H3. The second-order valence-electron chi connectivity index (χ2n) is 5.30. The van der Waals surface area contributed by atoms with Crippen LogP contribution in [-0.4, -0.2) is 20.1 Å². The predicted molar refractivity (Wildman–Crippen MR) is 74.3 cm³/mol. The molecule has 19 heavy (non-hydrogen) atoms. The molecule has 6 heteroatoms. The molecule has 106 valence electrons. The molecule has 0 unspecified atom stereocenters. The highest BCUT2D eigenvalue weighted by Crippen LogP contribution is 2.49. The van der Waals surface area contributed by atoms with Gasteiger partial charge in [-0.3, -0.25) is 0 Å². The summed E-state index contributed by atoms with van der Waals surface area (Å²) >= 11 is 0. The van der Waals surface area contributed by atoms with Crippen LogP contribution in [0.25, 0.3) is 0 Å². The largest absolute Gasteiger partial charge is 0.506 e. The van der Waals surface area contributed by atoms with E-state index in [2.05, 4.69) is 11.6 Å². The van der Waals surface area contributed by atoms with Gasteiger partial charge in [-0.05, 0) is 42.9 Å². The third kappa shape index (κ3) is 3.19. The number of phenols is 1. The van der Waals surface area contributed by atoms with Gasteiger partial charge < -0.3 is 10.8 Å². The van der Waals surface area contributed by atoms with Crippen LogP contribution in [0.2, 0.25) is 0 Å². The molecule has 1 aromatic carbocycles. The molecule has 1 aromatic rings. The monoisotopic (exact) mass is 284 g/mol. The molecule has 2 rings (SSSR count). The highest BCUT2D eigenvalue weighted by molar-refractivity contribution is 7.89. The maximum Gasteiger partial charge on any atom is 0.240 e. The lowest BCUT2D eigenvalue weighted by Gasteiger charge is -2.15. The molecule has 0 radical (unpaired) electrons. The molecular formula is C13H20N2O3S. The van der Waals surface area contributed by atoms with Gasteiger partial charge in [-0.15, -0.1) is 0 Å². The van der Waals surface area contributed by atoms with E-state index >= 15 is 0 Å². The number of nitrogens with one attached hydrogen (secondary N) is 1. The Bertz CT molecular complexity index is 565. The first-order valence-corrected chi connectivity index (χ1v) is 7.95. The van der Waals surface area contributed by atoms with Crippen molar-refractivity contribution < 1.29 is 13.5 Å². The molecule has 0 aromatic heterocycles. The Labute approximate surface area is 113 Å². The Morgan fingerprint density at radius 1 is 1.42 bits per heavy atom. The van der Waals surface area contributed by atoms with Gasteiger partial charge in [0.05, 0.1) is 10.6 Å². The van der Waals surface area contributed by atoms with Gasteiger partial charge in [0, 0.05) is 6.54 Å². The molecule has 4 N–H and O–H groups in total. The van der Waals surface area contributed by atoms with E-state index in [-0.39, 0.29) is 21.7 Å². The maximum absolute atomic E-state index is 12.1. The van der Waals surface area contributed by atoms with Crippen LogP contribution in [0.1, 0.15) is 32.6 Å². The summed E-state index contributed by atoms with van der Waals surface area (Å²) in [4.78, 5) is 0.0927. The Kier molecular flexibility index (Phi) is 3.73. The van der Waals surface area contributed by atoms with Crippen LogP contribution in [0.3, 0.4) is 0 Å². The van der Waals surface area contributed by atoms with Gasteiger partial charge in [0.15, 0.2) is 0 Å². The van der Waals surface area contributed by atoms with Gasteiger partial charge >= 0.3 is 0 Å². The SMILES string of the molecule is CCCC1(CNS(=O)(=O)c2ccc(O)c(N)c2)CC1. The smallest absolute Gasteiger partial charge is 0.240 e. The molecule has 1 aliphatic rings. The Morgan fingerprint density at radius 3 is 2.63 bits per heavy atom. The first-order chi connectivity index (χ1) is 8.88. The summed E-state index contributed by atoms with van der Waals surface area (Å²) < 4.78 is 26.9. The highest BCUT2D eigenvalue weighted by atomic mass is 32.2. The van der Waals surface area contributed by atoms with E-state index in [0.717, 1.165) is 25.7 Å². The van der Waals surface area contributed by atoms with Crippen molar-refractivity contribution in [3.8, 4) is 5.75 Å². The average Bonchev–Trinajstić information content (AvgIpc) is 3.11. The lowest BCUT2D eigenvalue weighted by molar-refractivity contribution is 0.449. The van der Waals surface area contributed by atoms with Crippen molar-refractivity contribution in [1.82, 2.24) is 4.72 Å². The van der Waals surface area contributed by atoms with Crippen LogP contribution < -0.4 is 10.5 Å². The van der Waals surface area contributed by atoms with Gasteiger partial charge in [-0.2, -0.15) is 0 Å². The summed E-state index contributed by atoms with van der Waals surface area (Å²) in [6.45, 7) is 2.58. The first-order valence-electron chi connectivity index (χ1n) is 6.47. The van der Waals surface area contributed by atoms with Crippen molar-refractivity contribution >= 4 is 15.7 Å². The van der Waals surface area contributed by atoms with Gasteiger partial charge in [0.1, 0.15) is 5.75 Å². The minimum Gasteiger partial charge on any atom is -0.506 e. The molecule has 0 heterocycles. The van der Waals surface area contributed by atoms with Gasteiger partial charge in [-0.1, -0.05) is 13.3 Å². The van der Waals surface area contributed by atoms with Crippen molar-refractivity contribution in [1.29, 1.82) is 0 Å². The highest BCUT2D eigenvalue weighted by Gasteiger charge is 2.42. The number of rotatable bonds is 6. The minimum atomic E-state index is -3.55. The first kappa shape index (κ1) is 14.1. The van der Waals surface area contributed by atoms with E-state index < -0.39 is 10.0 Å². The Balaban J connectivity index is 2.08. The molecule has 5 nitrogen and oxygen atoms in total. The van der Waals surface area contributed by atoms with Gasteiger partial charge in [0.2, 0.25) is 10.0 Å². The van der Waals surface area contributed by atoms with Crippen LogP contribution in [0.5, 0.6) is 5.75 Å². The number of nitrogen functional groups attached to an aromatic ring is 1. The zero-order valence-electron chi connectivity index (χ0n) is 11.0. The van der Waals surface area contributed by atoms with E-state index in [4.69, 9.17) is 5.73 Å². The van der Waals surface area contributed by atoms with Crippen LogP contribution in [0.4, 0.5) is 5.69 Å². The second kappa shape index (κ2) is 5.02. The summed E-state index contributed by atoms with van der Waals surface area (Å²) in [6.07, 6.45) is 4.28. The van der Waals surface area contributed by atoms with Crippen LogP contribution in [0, 0.1) is 5.41 Å². The minimum absolute atomic E-state index is 0.0672. The van der Waals surface area contributed by atoms with E-state index in [1.54, 1.807) is 0 Å². The molecule has 0 amide bonds. The zero-order chi connectivity index (χ0) is 14.1. The second-order valence-corrected chi connectivity index (χ2v) is 7.06. The fraction of sp³-hybridized carbons (Fsp3) is 0.538. The van der Waals surface area contributed by atoms with Crippen LogP contribution in [-0.2, 0) is 10.0 Å². The summed E-state index contributed by atoms with van der Waals surface area (Å²) in [6, 6.07) is 3.92. The summed E-state index contributed by atoms with van der Waals surface area (Å²) in [5.74, 6) is -0.108. The Morgan fingerprint density at radius 2 is 2.11 bits per heavy atom. The molecule has 0 aliphatic heterocycles. The molecule has 0 saturated heterocycles. The third-order valence-electron chi connectivity index (χ3n) is 3.68. The van der Waals surface area contributed by atoms with Gasteiger partial charge in [0.25, 0.3) is 0 Å². The molecule has 1 aliphatic carbocycles. The lowest BCUT2D eigenvalue weighted by atomic mass is 10.0. The number of anilines is 1. The maximum atomic E-state index is 12.1. The number of phenolic OH excluding ortho intramolecular Hbond substituents is 1. The van der Waals surface area contributed by atoms with E-state index in [9.17, 15) is 13.5 Å². The number of hydrogen-bond donors (Lipinski definition) is 3. The molecular weight excluding hydrogens is 264 g/mol. The van der Waals surface area contributed by atoms with Crippen molar-refractivity contribution in [3.05, 3.63) is 18.2 Å². The lowest BCUT2D eigenvalue weighted by Crippen LogP contribution is -2.30. The number of aromatic hydroxyl groups is 1. The summed E-state index contributed by atoms with van der Waals surface area (Å²) in [7, 11) is -3.55. The van der Waals surface area contributed by atoms with Crippen molar-refractivity contribution in [3.63, 3.8) is 0 Å². The van der Waals surface area contributed by atoms with Crippen molar-refractivity contribution in [2.45, 2.75) is 37.5 Å². The van der Waals surface area contributed by atoms with E-state index in [0.29, 0.717) is 6.54 Å². The molecule has 0 bridgehead atoms. The normalized spacial score (nSPS) is 17.3. The topological polar surface area (TPSA) is 92.4 Å². The predicted octanol–water partition coefficient (Wildman–Crippen LogP) is 1.83. The van der Waals surface area contributed by atoms with Crippen molar-refractivity contribution in [2.24, 2.45) is 5.41 Å². The molecule has 0 spiro atoms. The fourth-order valence-corrected chi connectivity index (χ4v) is 3.45. The van der Waals surface area contributed by atoms with E-state index in [1.807, 2.05) is 0 Å². The van der Waals surface area contributed by atoms with Crippen LogP contribution >= 0.6 is 0 Å². The number of benzene rings is 1.